The summed E-state index contributed by atoms with van der Waals surface area (Å²) < 4.78 is 11.4. The number of nitrogens with one attached hydrogen (secondary N) is 1. The van der Waals surface area contributed by atoms with Gasteiger partial charge in [0.05, 0.1) is 19.2 Å². The van der Waals surface area contributed by atoms with Crippen molar-refractivity contribution in [2.75, 3.05) is 13.7 Å². The Hall–Kier alpha value is -2.82. The van der Waals surface area contributed by atoms with Crippen LogP contribution in [0.3, 0.4) is 0 Å². The first-order valence-electron chi connectivity index (χ1n) is 8.10. The Morgan fingerprint density at radius 3 is 2.88 bits per heavy atom. The van der Waals surface area contributed by atoms with E-state index < -0.39 is 0 Å². The molecule has 1 aromatic carbocycles. The summed E-state index contributed by atoms with van der Waals surface area (Å²) in [5.74, 6) is 2.25. The number of para-hydroxylation sites is 1. The molecule has 0 saturated heterocycles. The van der Waals surface area contributed by atoms with Crippen molar-refractivity contribution in [3.05, 3.63) is 47.9 Å². The predicted octanol–water partition coefficient (Wildman–Crippen LogP) is 4.32. The largest absolute Gasteiger partial charge is 0.493 e. The highest BCUT2D eigenvalue weighted by Gasteiger charge is 2.09. The monoisotopic (exact) mass is 323 g/mol. The molecule has 1 N–H and O–H groups in total. The van der Waals surface area contributed by atoms with E-state index >= 15 is 0 Å². The van der Waals surface area contributed by atoms with Gasteiger partial charge in [-0.2, -0.15) is 0 Å². The quantitative estimate of drug-likeness (QED) is 0.658. The second-order valence-electron chi connectivity index (χ2n) is 5.41. The zero-order valence-corrected chi connectivity index (χ0v) is 14.0. The van der Waals surface area contributed by atoms with Gasteiger partial charge in [0.1, 0.15) is 5.82 Å². The first-order valence-corrected chi connectivity index (χ1v) is 8.10. The molecular weight excluding hydrogens is 302 g/mol. The van der Waals surface area contributed by atoms with Gasteiger partial charge in [-0.25, -0.2) is 9.97 Å². The number of unbranched alkanes of at least 4 members (excludes halogenated alkanes) is 1. The molecule has 124 valence electrons. The highest BCUT2D eigenvalue weighted by Crippen LogP contribution is 2.32. The summed E-state index contributed by atoms with van der Waals surface area (Å²) in [6.07, 6.45) is 7.73. The van der Waals surface area contributed by atoms with Gasteiger partial charge in [-0.3, -0.25) is 0 Å². The minimum absolute atomic E-state index is 0.673. The van der Waals surface area contributed by atoms with Gasteiger partial charge < -0.3 is 14.5 Å². The van der Waals surface area contributed by atoms with Gasteiger partial charge >= 0.3 is 0 Å². The lowest BCUT2D eigenvalue weighted by molar-refractivity contribution is 0.287. The third kappa shape index (κ3) is 3.56. The minimum Gasteiger partial charge on any atom is -0.493 e. The highest BCUT2D eigenvalue weighted by atomic mass is 16.5. The van der Waals surface area contributed by atoms with Gasteiger partial charge in [0, 0.05) is 11.8 Å². The average Bonchev–Trinajstić information content (AvgIpc) is 3.03. The number of aromatic amines is 1. The van der Waals surface area contributed by atoms with Crippen LogP contribution in [0.1, 0.15) is 31.2 Å². The lowest BCUT2D eigenvalue weighted by atomic mass is 10.1. The van der Waals surface area contributed by atoms with E-state index in [0.717, 1.165) is 41.2 Å². The third-order valence-electron chi connectivity index (χ3n) is 3.67. The van der Waals surface area contributed by atoms with Crippen molar-refractivity contribution in [1.82, 2.24) is 15.0 Å². The lowest BCUT2D eigenvalue weighted by Crippen LogP contribution is -2.00. The van der Waals surface area contributed by atoms with Crippen LogP contribution in [-0.2, 0) is 0 Å². The molecule has 0 fully saturated rings. The van der Waals surface area contributed by atoms with Crippen molar-refractivity contribution < 1.29 is 9.47 Å². The number of hydrogen-bond acceptors (Lipinski definition) is 4. The number of fused-ring (bicyclic) bond motifs is 1. The zero-order chi connectivity index (χ0) is 16.8. The molecule has 0 bridgehead atoms. The third-order valence-corrected chi connectivity index (χ3v) is 3.67. The van der Waals surface area contributed by atoms with Crippen LogP contribution in [0.4, 0.5) is 0 Å². The topological polar surface area (TPSA) is 60.0 Å². The first kappa shape index (κ1) is 16.1. The van der Waals surface area contributed by atoms with Crippen LogP contribution in [0.2, 0.25) is 0 Å². The minimum atomic E-state index is 0.673. The number of pyridine rings is 1. The molecule has 0 aliphatic carbocycles. The Morgan fingerprint density at radius 2 is 2.08 bits per heavy atom. The van der Waals surface area contributed by atoms with Gasteiger partial charge in [-0.15, -0.1) is 0 Å². The van der Waals surface area contributed by atoms with E-state index in [2.05, 4.69) is 21.9 Å². The number of methoxy groups -OCH3 is 1. The van der Waals surface area contributed by atoms with Gasteiger partial charge in [-0.1, -0.05) is 25.5 Å². The van der Waals surface area contributed by atoms with Crippen molar-refractivity contribution in [3.8, 4) is 11.5 Å². The molecule has 0 spiro atoms. The molecule has 0 aliphatic heterocycles. The number of ether oxygens (including phenoxy) is 2. The molecule has 0 radical (unpaired) electrons. The molecule has 0 saturated carbocycles. The Labute approximate surface area is 141 Å². The van der Waals surface area contributed by atoms with Crippen molar-refractivity contribution in [2.24, 2.45) is 0 Å². The van der Waals surface area contributed by atoms with Crippen LogP contribution in [0.15, 0.2) is 36.5 Å². The SMILES string of the molecule is CCCCOc1c(/C=C/c2nc3ncccc3[nH]2)cccc1OC. The van der Waals surface area contributed by atoms with Crippen LogP contribution in [-0.4, -0.2) is 28.7 Å². The van der Waals surface area contributed by atoms with Crippen molar-refractivity contribution in [1.29, 1.82) is 0 Å². The van der Waals surface area contributed by atoms with Crippen LogP contribution in [0.5, 0.6) is 11.5 Å². The summed E-state index contributed by atoms with van der Waals surface area (Å²) >= 11 is 0. The average molecular weight is 323 g/mol. The summed E-state index contributed by atoms with van der Waals surface area (Å²) in [6.45, 7) is 2.81. The van der Waals surface area contributed by atoms with Crippen molar-refractivity contribution >= 4 is 23.3 Å². The summed E-state index contributed by atoms with van der Waals surface area (Å²) in [7, 11) is 1.65. The Kier molecular flexibility index (Phi) is 5.11. The Bertz CT molecular complexity index is 806. The second kappa shape index (κ2) is 7.64. The molecule has 0 unspecified atom stereocenters. The van der Waals surface area contributed by atoms with Crippen LogP contribution in [0.25, 0.3) is 23.3 Å². The zero-order valence-electron chi connectivity index (χ0n) is 14.0. The number of aromatic nitrogens is 3. The molecule has 5 nitrogen and oxygen atoms in total. The molecule has 24 heavy (non-hydrogen) atoms. The molecule has 3 aromatic rings. The fraction of sp³-hybridized carbons (Fsp3) is 0.263. The predicted molar refractivity (Wildman–Crippen MR) is 96.2 cm³/mol. The van der Waals surface area contributed by atoms with E-state index in [1.165, 1.54) is 0 Å². The number of benzene rings is 1. The number of H-pyrrole nitrogens is 1. The summed E-state index contributed by atoms with van der Waals surface area (Å²) in [5.41, 5.74) is 2.59. The summed E-state index contributed by atoms with van der Waals surface area (Å²) in [4.78, 5) is 11.9. The van der Waals surface area contributed by atoms with E-state index in [1.807, 2.05) is 42.5 Å². The van der Waals surface area contributed by atoms with E-state index in [-0.39, 0.29) is 0 Å². The van der Waals surface area contributed by atoms with E-state index in [9.17, 15) is 0 Å². The van der Waals surface area contributed by atoms with E-state index in [4.69, 9.17) is 9.47 Å². The highest BCUT2D eigenvalue weighted by molar-refractivity contribution is 5.77. The van der Waals surface area contributed by atoms with Crippen LogP contribution in [0, 0.1) is 0 Å². The molecule has 2 heterocycles. The molecule has 0 aliphatic rings. The van der Waals surface area contributed by atoms with Crippen LogP contribution < -0.4 is 9.47 Å². The fourth-order valence-electron chi connectivity index (χ4n) is 2.41. The molecule has 2 aromatic heterocycles. The van der Waals surface area contributed by atoms with Gasteiger partial charge in [0.25, 0.3) is 0 Å². The smallest absolute Gasteiger partial charge is 0.178 e. The molecule has 0 amide bonds. The van der Waals surface area contributed by atoms with Crippen molar-refractivity contribution in [2.45, 2.75) is 19.8 Å². The second-order valence-corrected chi connectivity index (χ2v) is 5.41. The first-order chi connectivity index (χ1) is 11.8. The maximum Gasteiger partial charge on any atom is 0.178 e. The van der Waals surface area contributed by atoms with E-state index in [0.29, 0.717) is 12.3 Å². The lowest BCUT2D eigenvalue weighted by Gasteiger charge is -2.13. The fourth-order valence-corrected chi connectivity index (χ4v) is 2.41. The molecule has 3 rings (SSSR count). The Morgan fingerprint density at radius 1 is 1.17 bits per heavy atom. The maximum absolute atomic E-state index is 5.93. The van der Waals surface area contributed by atoms with Gasteiger partial charge in [0.2, 0.25) is 0 Å². The normalized spacial score (nSPS) is 11.2. The van der Waals surface area contributed by atoms with Gasteiger partial charge in [-0.05, 0) is 36.8 Å². The number of rotatable bonds is 7. The van der Waals surface area contributed by atoms with Crippen molar-refractivity contribution in [3.63, 3.8) is 0 Å². The molecular formula is C19H21N3O2. The standard InChI is InChI=1S/C19H21N3O2/c1-3-4-13-24-18-14(7-5-9-16(18)23-2)10-11-17-21-15-8-6-12-20-19(15)22-17/h5-12H,3-4,13H2,1-2H3,(H,20,21,22)/b11-10+. The molecule has 5 heteroatoms. The van der Waals surface area contributed by atoms with E-state index in [1.54, 1.807) is 13.3 Å². The molecule has 0 atom stereocenters. The Balaban J connectivity index is 1.87. The summed E-state index contributed by atoms with van der Waals surface area (Å²) in [6, 6.07) is 9.70. The number of imidazole rings is 1. The summed E-state index contributed by atoms with van der Waals surface area (Å²) in [5, 5.41) is 0. The van der Waals surface area contributed by atoms with Gasteiger partial charge in [0.15, 0.2) is 17.1 Å². The maximum atomic E-state index is 5.93. The number of hydrogen-bond donors (Lipinski definition) is 1. The van der Waals surface area contributed by atoms with Crippen LogP contribution >= 0.6 is 0 Å². The number of nitrogens with zero attached hydrogens (tertiary/aromatic N) is 2.